The van der Waals surface area contributed by atoms with E-state index in [-0.39, 0.29) is 5.75 Å². The zero-order chi connectivity index (χ0) is 14.0. The molecule has 0 aliphatic carbocycles. The summed E-state index contributed by atoms with van der Waals surface area (Å²) in [6, 6.07) is 10.5. The van der Waals surface area contributed by atoms with E-state index < -0.39 is 10.1 Å². The summed E-state index contributed by atoms with van der Waals surface area (Å²) in [4.78, 5) is 0. The highest BCUT2D eigenvalue weighted by Gasteiger charge is 2.02. The molecule has 0 spiro atoms. The van der Waals surface area contributed by atoms with Crippen molar-refractivity contribution in [2.75, 3.05) is 5.75 Å². The third-order valence-corrected chi connectivity index (χ3v) is 4.02. The molecule has 0 aliphatic rings. The summed E-state index contributed by atoms with van der Waals surface area (Å²) in [5.74, 6) is -0.0962. The molecule has 1 aromatic rings. The van der Waals surface area contributed by atoms with E-state index in [0.29, 0.717) is 6.42 Å². The average molecular weight is 284 g/mol. The molecule has 0 bridgehead atoms. The van der Waals surface area contributed by atoms with Gasteiger partial charge in [0.05, 0.1) is 5.75 Å². The summed E-state index contributed by atoms with van der Waals surface area (Å²) >= 11 is 0. The summed E-state index contributed by atoms with van der Waals surface area (Å²) in [6.45, 7) is 0. The van der Waals surface area contributed by atoms with Crippen molar-refractivity contribution in [3.05, 3.63) is 35.9 Å². The van der Waals surface area contributed by atoms with Crippen LogP contribution in [-0.2, 0) is 16.5 Å². The predicted molar refractivity (Wildman–Crippen MR) is 78.9 cm³/mol. The highest BCUT2D eigenvalue weighted by atomic mass is 32.2. The maximum atomic E-state index is 10.5. The van der Waals surface area contributed by atoms with Gasteiger partial charge in [-0.1, -0.05) is 62.4 Å². The second kappa shape index (κ2) is 9.10. The van der Waals surface area contributed by atoms with E-state index in [9.17, 15) is 8.42 Å². The lowest BCUT2D eigenvalue weighted by Gasteiger charge is -2.02. The van der Waals surface area contributed by atoms with Crippen molar-refractivity contribution in [1.82, 2.24) is 0 Å². The first-order chi connectivity index (χ1) is 9.08. The minimum absolute atomic E-state index is 0.0962. The van der Waals surface area contributed by atoms with Crippen LogP contribution in [0.25, 0.3) is 0 Å². The van der Waals surface area contributed by atoms with Gasteiger partial charge in [-0.2, -0.15) is 8.42 Å². The van der Waals surface area contributed by atoms with Crippen LogP contribution in [0.4, 0.5) is 0 Å². The largest absolute Gasteiger partial charge is 0.286 e. The Morgan fingerprint density at radius 3 is 1.89 bits per heavy atom. The second-order valence-electron chi connectivity index (χ2n) is 5.00. The fraction of sp³-hybridized carbons (Fsp3) is 0.600. The van der Waals surface area contributed by atoms with Crippen molar-refractivity contribution in [1.29, 1.82) is 0 Å². The fourth-order valence-electron chi connectivity index (χ4n) is 2.14. The Morgan fingerprint density at radius 1 is 0.789 bits per heavy atom. The van der Waals surface area contributed by atoms with Gasteiger partial charge in [-0.05, 0) is 24.8 Å². The lowest BCUT2D eigenvalue weighted by Crippen LogP contribution is -2.03. The molecule has 1 rings (SSSR count). The molecule has 1 N–H and O–H groups in total. The first-order valence-corrected chi connectivity index (χ1v) is 8.68. The fourth-order valence-corrected chi connectivity index (χ4v) is 2.71. The maximum Gasteiger partial charge on any atom is 0.264 e. The van der Waals surface area contributed by atoms with Gasteiger partial charge in [0.2, 0.25) is 0 Å². The molecule has 3 nitrogen and oxygen atoms in total. The summed E-state index contributed by atoms with van der Waals surface area (Å²) in [5.41, 5.74) is 1.40. The molecule has 19 heavy (non-hydrogen) atoms. The third kappa shape index (κ3) is 9.68. The van der Waals surface area contributed by atoms with Crippen molar-refractivity contribution in [3.8, 4) is 0 Å². The summed E-state index contributed by atoms with van der Waals surface area (Å²) in [7, 11) is -3.76. The Balaban J connectivity index is 1.89. The van der Waals surface area contributed by atoms with Crippen LogP contribution in [0.15, 0.2) is 30.3 Å². The van der Waals surface area contributed by atoms with Crippen LogP contribution in [0.2, 0.25) is 0 Å². The van der Waals surface area contributed by atoms with E-state index in [2.05, 4.69) is 24.3 Å². The van der Waals surface area contributed by atoms with Gasteiger partial charge in [-0.3, -0.25) is 4.55 Å². The Hall–Kier alpha value is -0.870. The van der Waals surface area contributed by atoms with E-state index in [1.54, 1.807) is 0 Å². The van der Waals surface area contributed by atoms with Crippen LogP contribution in [-0.4, -0.2) is 18.7 Å². The van der Waals surface area contributed by atoms with Crippen LogP contribution in [0.1, 0.15) is 50.5 Å². The molecule has 0 saturated heterocycles. The van der Waals surface area contributed by atoms with E-state index in [0.717, 1.165) is 25.7 Å². The number of hydrogen-bond donors (Lipinski definition) is 1. The van der Waals surface area contributed by atoms with Crippen LogP contribution >= 0.6 is 0 Å². The van der Waals surface area contributed by atoms with Gasteiger partial charge in [0, 0.05) is 0 Å². The van der Waals surface area contributed by atoms with Crippen molar-refractivity contribution < 1.29 is 13.0 Å². The zero-order valence-corrected chi connectivity index (χ0v) is 12.2. The molecule has 0 radical (unpaired) electrons. The second-order valence-corrected chi connectivity index (χ2v) is 6.57. The summed E-state index contributed by atoms with van der Waals surface area (Å²) < 4.78 is 29.6. The SMILES string of the molecule is O=S(=O)(O)CCCCCCCCCc1ccccc1. The summed E-state index contributed by atoms with van der Waals surface area (Å²) in [5, 5.41) is 0. The van der Waals surface area contributed by atoms with Crippen molar-refractivity contribution in [2.24, 2.45) is 0 Å². The van der Waals surface area contributed by atoms with Crippen LogP contribution in [0, 0.1) is 0 Å². The monoisotopic (exact) mass is 284 g/mol. The quantitative estimate of drug-likeness (QED) is 0.524. The van der Waals surface area contributed by atoms with Gasteiger partial charge in [0.1, 0.15) is 0 Å². The van der Waals surface area contributed by atoms with Gasteiger partial charge >= 0.3 is 0 Å². The average Bonchev–Trinajstić information content (AvgIpc) is 2.37. The third-order valence-electron chi connectivity index (χ3n) is 3.21. The predicted octanol–water partition coefficient (Wildman–Crippen LogP) is 3.85. The Labute approximate surface area is 116 Å². The Morgan fingerprint density at radius 2 is 1.32 bits per heavy atom. The van der Waals surface area contributed by atoms with E-state index in [4.69, 9.17) is 4.55 Å². The van der Waals surface area contributed by atoms with Crippen LogP contribution in [0.3, 0.4) is 0 Å². The zero-order valence-electron chi connectivity index (χ0n) is 11.4. The van der Waals surface area contributed by atoms with Crippen molar-refractivity contribution in [2.45, 2.75) is 51.4 Å². The number of benzene rings is 1. The lowest BCUT2D eigenvalue weighted by molar-refractivity contribution is 0.478. The van der Waals surface area contributed by atoms with E-state index in [1.165, 1.54) is 24.8 Å². The first-order valence-electron chi connectivity index (χ1n) is 7.07. The van der Waals surface area contributed by atoms with Gasteiger partial charge in [-0.25, -0.2) is 0 Å². The smallest absolute Gasteiger partial charge is 0.264 e. The van der Waals surface area contributed by atoms with Crippen molar-refractivity contribution >= 4 is 10.1 Å². The van der Waals surface area contributed by atoms with Gasteiger partial charge in [-0.15, -0.1) is 0 Å². The first kappa shape index (κ1) is 16.2. The minimum atomic E-state index is -3.76. The number of rotatable bonds is 10. The lowest BCUT2D eigenvalue weighted by atomic mass is 10.0. The van der Waals surface area contributed by atoms with Crippen LogP contribution < -0.4 is 0 Å². The minimum Gasteiger partial charge on any atom is -0.286 e. The molecular weight excluding hydrogens is 260 g/mol. The maximum absolute atomic E-state index is 10.5. The topological polar surface area (TPSA) is 54.4 Å². The molecule has 1 aromatic carbocycles. The molecule has 0 aromatic heterocycles. The molecule has 4 heteroatoms. The molecule has 0 saturated carbocycles. The molecule has 0 fully saturated rings. The Kier molecular flexibility index (Phi) is 7.75. The van der Waals surface area contributed by atoms with Gasteiger partial charge in [0.25, 0.3) is 10.1 Å². The standard InChI is InChI=1S/C15H24O3S/c16-19(17,18)14-10-5-3-1-2-4-7-11-15-12-8-6-9-13-15/h6,8-9,12-13H,1-5,7,10-11,14H2,(H,16,17,18). The summed E-state index contributed by atoms with van der Waals surface area (Å²) in [6.07, 6.45) is 8.47. The van der Waals surface area contributed by atoms with Crippen molar-refractivity contribution in [3.63, 3.8) is 0 Å². The molecule has 108 valence electrons. The van der Waals surface area contributed by atoms with Crippen LogP contribution in [0.5, 0.6) is 0 Å². The number of unbranched alkanes of at least 4 members (excludes halogenated alkanes) is 6. The highest BCUT2D eigenvalue weighted by Crippen LogP contribution is 2.10. The van der Waals surface area contributed by atoms with E-state index >= 15 is 0 Å². The normalized spacial score (nSPS) is 11.6. The molecule has 0 amide bonds. The molecule has 0 aliphatic heterocycles. The Bertz CT molecular complexity index is 426. The van der Waals surface area contributed by atoms with Gasteiger partial charge in [0.15, 0.2) is 0 Å². The molecule has 0 atom stereocenters. The molecule has 0 unspecified atom stereocenters. The number of aryl methyl sites for hydroxylation is 1. The molecular formula is C15H24O3S. The van der Waals surface area contributed by atoms with E-state index in [1.807, 2.05) is 6.07 Å². The number of hydrogen-bond acceptors (Lipinski definition) is 2. The highest BCUT2D eigenvalue weighted by molar-refractivity contribution is 7.85. The molecule has 0 heterocycles. The van der Waals surface area contributed by atoms with Gasteiger partial charge < -0.3 is 0 Å².